The molecular formula is C20H17F2N5O2. The fourth-order valence-corrected chi connectivity index (χ4v) is 2.93. The highest BCUT2D eigenvalue weighted by atomic mass is 19.1. The van der Waals surface area contributed by atoms with Gasteiger partial charge in [0.05, 0.1) is 31.4 Å². The second-order valence-corrected chi connectivity index (χ2v) is 6.27. The minimum Gasteiger partial charge on any atom is -0.493 e. The number of anilines is 2. The maximum Gasteiger partial charge on any atom is 0.191 e. The van der Waals surface area contributed by atoms with Crippen LogP contribution in [0.1, 0.15) is 0 Å². The topological polar surface area (TPSA) is 74.1 Å². The van der Waals surface area contributed by atoms with Crippen LogP contribution < -0.4 is 14.8 Å². The number of nitrogens with zero attached hydrogens (tertiary/aromatic N) is 4. The Bertz CT molecular complexity index is 1180. The van der Waals surface area contributed by atoms with Gasteiger partial charge in [-0.1, -0.05) is 0 Å². The van der Waals surface area contributed by atoms with Crippen LogP contribution in [0.2, 0.25) is 0 Å². The summed E-state index contributed by atoms with van der Waals surface area (Å²) in [4.78, 5) is 8.83. The molecule has 4 rings (SSSR count). The molecular weight excluding hydrogens is 380 g/mol. The SMILES string of the molecule is COc1cc(OC)c(F)c(Nc2ccc3ncc(-c4cnn(C)c4)cc3n2)c1F. The zero-order chi connectivity index (χ0) is 20.5. The monoisotopic (exact) mass is 397 g/mol. The first kappa shape index (κ1) is 18.6. The van der Waals surface area contributed by atoms with Crippen LogP contribution in [0.3, 0.4) is 0 Å². The first-order valence-corrected chi connectivity index (χ1v) is 8.63. The van der Waals surface area contributed by atoms with E-state index in [1.807, 2.05) is 19.3 Å². The van der Waals surface area contributed by atoms with E-state index < -0.39 is 17.3 Å². The van der Waals surface area contributed by atoms with Crippen LogP contribution >= 0.6 is 0 Å². The van der Waals surface area contributed by atoms with Crippen molar-refractivity contribution >= 4 is 22.5 Å². The number of rotatable bonds is 5. The van der Waals surface area contributed by atoms with Gasteiger partial charge in [-0.15, -0.1) is 0 Å². The first-order chi connectivity index (χ1) is 14.0. The molecule has 1 aromatic carbocycles. The highest BCUT2D eigenvalue weighted by Gasteiger charge is 2.20. The van der Waals surface area contributed by atoms with Crippen molar-refractivity contribution in [2.75, 3.05) is 19.5 Å². The summed E-state index contributed by atoms with van der Waals surface area (Å²) in [5.74, 6) is -1.81. The van der Waals surface area contributed by atoms with Crippen LogP contribution in [0.15, 0.2) is 42.9 Å². The van der Waals surface area contributed by atoms with Gasteiger partial charge in [0, 0.05) is 36.6 Å². The fraction of sp³-hybridized carbons (Fsp3) is 0.150. The van der Waals surface area contributed by atoms with Crippen molar-refractivity contribution in [3.8, 4) is 22.6 Å². The largest absolute Gasteiger partial charge is 0.493 e. The number of fused-ring (bicyclic) bond motifs is 1. The maximum atomic E-state index is 14.6. The Morgan fingerprint density at radius 1 is 0.931 bits per heavy atom. The van der Waals surface area contributed by atoms with E-state index in [4.69, 9.17) is 9.47 Å². The molecule has 148 valence electrons. The number of nitrogens with one attached hydrogen (secondary N) is 1. The first-order valence-electron chi connectivity index (χ1n) is 8.63. The van der Waals surface area contributed by atoms with Gasteiger partial charge in [-0.25, -0.2) is 13.8 Å². The number of benzene rings is 1. The number of ether oxygens (including phenoxy) is 2. The lowest BCUT2D eigenvalue weighted by molar-refractivity contribution is 0.360. The molecule has 7 nitrogen and oxygen atoms in total. The predicted octanol–water partition coefficient (Wildman–Crippen LogP) is 4.07. The van der Waals surface area contributed by atoms with E-state index in [1.54, 1.807) is 29.2 Å². The van der Waals surface area contributed by atoms with Crippen LogP contribution in [0.4, 0.5) is 20.3 Å². The van der Waals surface area contributed by atoms with E-state index in [1.165, 1.54) is 14.2 Å². The highest BCUT2D eigenvalue weighted by Crippen LogP contribution is 2.36. The van der Waals surface area contributed by atoms with Crippen LogP contribution in [-0.4, -0.2) is 34.0 Å². The van der Waals surface area contributed by atoms with E-state index in [9.17, 15) is 8.78 Å². The van der Waals surface area contributed by atoms with Crippen molar-refractivity contribution in [1.29, 1.82) is 0 Å². The number of aromatic nitrogens is 4. The molecule has 3 heterocycles. The average molecular weight is 397 g/mol. The molecule has 0 spiro atoms. The summed E-state index contributed by atoms with van der Waals surface area (Å²) in [6, 6.07) is 6.28. The van der Waals surface area contributed by atoms with Gasteiger partial charge in [0.25, 0.3) is 0 Å². The summed E-state index contributed by atoms with van der Waals surface area (Å²) in [6.07, 6.45) is 5.30. The molecule has 0 amide bonds. The van der Waals surface area contributed by atoms with Gasteiger partial charge in [0.1, 0.15) is 11.5 Å². The van der Waals surface area contributed by atoms with Crippen LogP contribution in [0.5, 0.6) is 11.5 Å². The van der Waals surface area contributed by atoms with Crippen molar-refractivity contribution in [3.63, 3.8) is 0 Å². The third-order valence-electron chi connectivity index (χ3n) is 4.40. The molecule has 0 atom stereocenters. The van der Waals surface area contributed by atoms with E-state index in [-0.39, 0.29) is 17.3 Å². The Hall–Kier alpha value is -3.75. The Labute approximate surface area is 164 Å². The number of hydrogen-bond donors (Lipinski definition) is 1. The zero-order valence-corrected chi connectivity index (χ0v) is 15.9. The molecule has 0 radical (unpaired) electrons. The summed E-state index contributed by atoms with van der Waals surface area (Å²) in [5, 5.41) is 6.83. The van der Waals surface area contributed by atoms with Crippen LogP contribution in [-0.2, 0) is 7.05 Å². The molecule has 0 fully saturated rings. The van der Waals surface area contributed by atoms with Crippen LogP contribution in [0, 0.1) is 11.6 Å². The molecule has 0 saturated carbocycles. The number of hydrogen-bond acceptors (Lipinski definition) is 6. The molecule has 9 heteroatoms. The number of aryl methyl sites for hydroxylation is 1. The van der Waals surface area contributed by atoms with Gasteiger partial charge < -0.3 is 14.8 Å². The lowest BCUT2D eigenvalue weighted by Gasteiger charge is -2.14. The standard InChI is InChI=1S/C20H17F2N5O2/c1-27-10-12(9-24-27)11-6-14-13(23-8-11)4-5-17(25-14)26-20-18(21)15(28-2)7-16(29-3)19(20)22/h4-10H,1-3H3,(H,25,26). The molecule has 0 aliphatic rings. The summed E-state index contributed by atoms with van der Waals surface area (Å²) in [6.45, 7) is 0. The smallest absolute Gasteiger partial charge is 0.191 e. The minimum absolute atomic E-state index is 0.146. The summed E-state index contributed by atoms with van der Waals surface area (Å²) in [7, 11) is 4.41. The molecule has 0 bridgehead atoms. The predicted molar refractivity (Wildman–Crippen MR) is 104 cm³/mol. The minimum atomic E-state index is -0.880. The number of halogens is 2. The van der Waals surface area contributed by atoms with Gasteiger partial charge in [-0.2, -0.15) is 5.10 Å². The molecule has 0 aliphatic heterocycles. The molecule has 3 aromatic heterocycles. The van der Waals surface area contributed by atoms with E-state index in [2.05, 4.69) is 20.4 Å². The zero-order valence-electron chi connectivity index (χ0n) is 15.9. The average Bonchev–Trinajstić information content (AvgIpc) is 3.17. The Morgan fingerprint density at radius 2 is 1.66 bits per heavy atom. The number of methoxy groups -OCH3 is 2. The third kappa shape index (κ3) is 3.42. The summed E-state index contributed by atoms with van der Waals surface area (Å²) in [5.41, 5.74) is 2.51. The second kappa shape index (κ2) is 7.34. The van der Waals surface area contributed by atoms with Crippen molar-refractivity contribution in [3.05, 3.63) is 54.5 Å². The van der Waals surface area contributed by atoms with Gasteiger partial charge in [-0.05, 0) is 18.2 Å². The number of pyridine rings is 2. The quantitative estimate of drug-likeness (QED) is 0.547. The van der Waals surface area contributed by atoms with E-state index in [0.717, 1.165) is 17.2 Å². The lowest BCUT2D eigenvalue weighted by Crippen LogP contribution is -2.04. The molecule has 4 aromatic rings. The molecule has 29 heavy (non-hydrogen) atoms. The van der Waals surface area contributed by atoms with Crippen LogP contribution in [0.25, 0.3) is 22.2 Å². The maximum absolute atomic E-state index is 14.6. The van der Waals surface area contributed by atoms with E-state index >= 15 is 0 Å². The van der Waals surface area contributed by atoms with E-state index in [0.29, 0.717) is 11.0 Å². The molecule has 0 aliphatic carbocycles. The Morgan fingerprint density at radius 3 is 2.28 bits per heavy atom. The second-order valence-electron chi connectivity index (χ2n) is 6.27. The summed E-state index contributed by atoms with van der Waals surface area (Å²) < 4.78 is 40.8. The van der Waals surface area contributed by atoms with Crippen molar-refractivity contribution in [1.82, 2.24) is 19.7 Å². The third-order valence-corrected chi connectivity index (χ3v) is 4.40. The van der Waals surface area contributed by atoms with Gasteiger partial charge >= 0.3 is 0 Å². The molecule has 0 saturated heterocycles. The fourth-order valence-electron chi connectivity index (χ4n) is 2.93. The molecule has 0 unspecified atom stereocenters. The van der Waals surface area contributed by atoms with Crippen molar-refractivity contribution in [2.45, 2.75) is 0 Å². The molecule has 1 N–H and O–H groups in total. The normalized spacial score (nSPS) is 10.9. The Kier molecular flexibility index (Phi) is 4.71. The summed E-state index contributed by atoms with van der Waals surface area (Å²) >= 11 is 0. The highest BCUT2D eigenvalue weighted by molar-refractivity contribution is 5.82. The van der Waals surface area contributed by atoms with Crippen molar-refractivity contribution < 1.29 is 18.3 Å². The van der Waals surface area contributed by atoms with Gasteiger partial charge in [0.15, 0.2) is 23.1 Å². The van der Waals surface area contributed by atoms with Gasteiger partial charge in [0.2, 0.25) is 0 Å². The van der Waals surface area contributed by atoms with Crippen molar-refractivity contribution in [2.24, 2.45) is 7.05 Å². The van der Waals surface area contributed by atoms with Gasteiger partial charge in [-0.3, -0.25) is 9.67 Å². The Balaban J connectivity index is 1.75. The lowest BCUT2D eigenvalue weighted by atomic mass is 10.1.